The summed E-state index contributed by atoms with van der Waals surface area (Å²) in [5, 5.41) is 2.52. The van der Waals surface area contributed by atoms with Crippen molar-refractivity contribution in [2.24, 2.45) is 5.73 Å². The van der Waals surface area contributed by atoms with Gasteiger partial charge in [0.25, 0.3) is 0 Å². The zero-order chi connectivity index (χ0) is 15.5. The van der Waals surface area contributed by atoms with Crippen LogP contribution in [0.5, 0.6) is 0 Å². The van der Waals surface area contributed by atoms with E-state index in [0.717, 1.165) is 13.0 Å². The first-order valence-corrected chi connectivity index (χ1v) is 8.98. The molecule has 2 aliphatic rings. The summed E-state index contributed by atoms with van der Waals surface area (Å²) < 4.78 is 0. The topological polar surface area (TPSA) is 44.5 Å². The molecule has 4 nitrogen and oxygen atoms in total. The third-order valence-electron chi connectivity index (χ3n) is 5.66. The summed E-state index contributed by atoms with van der Waals surface area (Å²) in [5.74, 6) is 0. The molecule has 0 aromatic rings. The van der Waals surface area contributed by atoms with Gasteiger partial charge in [-0.15, -0.1) is 0 Å². The van der Waals surface area contributed by atoms with E-state index < -0.39 is 0 Å². The van der Waals surface area contributed by atoms with Crippen LogP contribution in [0.3, 0.4) is 0 Å². The van der Waals surface area contributed by atoms with Crippen molar-refractivity contribution in [3.63, 3.8) is 0 Å². The molecule has 2 aliphatic heterocycles. The van der Waals surface area contributed by atoms with E-state index in [-0.39, 0.29) is 5.54 Å². The van der Waals surface area contributed by atoms with E-state index >= 15 is 0 Å². The number of piperidine rings is 1. The predicted molar refractivity (Wildman–Crippen MR) is 90.1 cm³/mol. The van der Waals surface area contributed by atoms with Gasteiger partial charge in [-0.1, -0.05) is 6.42 Å². The van der Waals surface area contributed by atoms with Gasteiger partial charge in [-0.2, -0.15) is 0 Å². The Balaban J connectivity index is 2.03. The molecule has 21 heavy (non-hydrogen) atoms. The van der Waals surface area contributed by atoms with Crippen molar-refractivity contribution in [2.75, 3.05) is 19.6 Å². The fourth-order valence-electron chi connectivity index (χ4n) is 4.01. The zero-order valence-electron chi connectivity index (χ0n) is 14.6. The van der Waals surface area contributed by atoms with E-state index in [1.54, 1.807) is 0 Å². The molecule has 0 spiro atoms. The van der Waals surface area contributed by atoms with Crippen molar-refractivity contribution in [2.45, 2.75) is 89.9 Å². The van der Waals surface area contributed by atoms with Crippen LogP contribution in [-0.4, -0.2) is 53.2 Å². The Morgan fingerprint density at radius 1 is 1.10 bits per heavy atom. The second-order valence-electron chi connectivity index (χ2n) is 7.62. The maximum absolute atomic E-state index is 6.23. The quantitative estimate of drug-likeness (QED) is 0.836. The van der Waals surface area contributed by atoms with E-state index in [1.165, 1.54) is 45.2 Å². The minimum absolute atomic E-state index is 0.101. The summed E-state index contributed by atoms with van der Waals surface area (Å²) in [6.07, 6.45) is 7.57. The lowest BCUT2D eigenvalue weighted by Gasteiger charge is -2.46. The second-order valence-corrected chi connectivity index (χ2v) is 7.62. The first-order valence-electron chi connectivity index (χ1n) is 8.98. The van der Waals surface area contributed by atoms with Gasteiger partial charge in [-0.05, 0) is 66.3 Å². The largest absolute Gasteiger partial charge is 0.329 e. The van der Waals surface area contributed by atoms with Crippen LogP contribution in [0.2, 0.25) is 0 Å². The molecule has 3 N–H and O–H groups in total. The van der Waals surface area contributed by atoms with Gasteiger partial charge in [-0.3, -0.25) is 0 Å². The Morgan fingerprint density at radius 2 is 1.76 bits per heavy atom. The summed E-state index contributed by atoms with van der Waals surface area (Å²) in [5.41, 5.74) is 10.2. The fourth-order valence-corrected chi connectivity index (χ4v) is 4.01. The molecular formula is C17H36N4. The maximum Gasteiger partial charge on any atom is 0.0460 e. The highest BCUT2D eigenvalue weighted by molar-refractivity contribution is 4.94. The third-order valence-corrected chi connectivity index (χ3v) is 5.66. The lowest BCUT2D eigenvalue weighted by molar-refractivity contribution is -0.00290. The van der Waals surface area contributed by atoms with Crippen molar-refractivity contribution in [3.05, 3.63) is 0 Å². The van der Waals surface area contributed by atoms with E-state index in [4.69, 9.17) is 5.73 Å². The molecule has 2 saturated heterocycles. The highest BCUT2D eigenvalue weighted by Crippen LogP contribution is 2.27. The number of likely N-dealkylation sites (tertiary alicyclic amines) is 1. The first-order chi connectivity index (χ1) is 9.97. The van der Waals surface area contributed by atoms with E-state index in [1.807, 2.05) is 0 Å². The molecule has 2 rings (SSSR count). The van der Waals surface area contributed by atoms with Gasteiger partial charge >= 0.3 is 0 Å². The van der Waals surface area contributed by atoms with Crippen molar-refractivity contribution in [1.29, 1.82) is 0 Å². The van der Waals surface area contributed by atoms with Crippen LogP contribution in [0.15, 0.2) is 0 Å². The molecule has 0 saturated carbocycles. The number of rotatable bonds is 4. The molecule has 0 amide bonds. The van der Waals surface area contributed by atoms with Gasteiger partial charge in [0.15, 0.2) is 0 Å². The summed E-state index contributed by atoms with van der Waals surface area (Å²) in [4.78, 5) is 2.60. The Hall–Kier alpha value is -0.160. The summed E-state index contributed by atoms with van der Waals surface area (Å²) >= 11 is 0. The number of hydrogen-bond donors (Lipinski definition) is 2. The van der Waals surface area contributed by atoms with Gasteiger partial charge in [0.1, 0.15) is 0 Å². The van der Waals surface area contributed by atoms with Crippen LogP contribution in [-0.2, 0) is 0 Å². The number of hydrogen-bond acceptors (Lipinski definition) is 4. The monoisotopic (exact) mass is 296 g/mol. The van der Waals surface area contributed by atoms with Crippen LogP contribution in [0, 0.1) is 0 Å². The molecular weight excluding hydrogens is 260 g/mol. The number of nitrogens with one attached hydrogen (secondary N) is 1. The molecule has 3 atom stereocenters. The van der Waals surface area contributed by atoms with Crippen molar-refractivity contribution in [3.8, 4) is 0 Å². The minimum Gasteiger partial charge on any atom is -0.329 e. The van der Waals surface area contributed by atoms with Crippen molar-refractivity contribution >= 4 is 0 Å². The standard InChI is InChI=1S/C17H36N4/c1-14(2)20-11-6-9-17(13-18,10-12-20)19-21-15(3)7-5-8-16(21)4/h14-16,19H,5-13,18H2,1-4H3. The smallest absolute Gasteiger partial charge is 0.0460 e. The van der Waals surface area contributed by atoms with Crippen LogP contribution < -0.4 is 11.2 Å². The van der Waals surface area contributed by atoms with Gasteiger partial charge in [0, 0.05) is 36.8 Å². The molecule has 0 bridgehead atoms. The molecule has 3 unspecified atom stereocenters. The fraction of sp³-hybridized carbons (Fsp3) is 1.00. The lowest BCUT2D eigenvalue weighted by Crippen LogP contribution is -2.63. The number of hydrazine groups is 1. The average Bonchev–Trinajstić information content (AvgIpc) is 2.66. The van der Waals surface area contributed by atoms with Crippen molar-refractivity contribution in [1.82, 2.24) is 15.3 Å². The Labute approximate surface area is 131 Å². The van der Waals surface area contributed by atoms with Crippen LogP contribution in [0.4, 0.5) is 0 Å². The summed E-state index contributed by atoms with van der Waals surface area (Å²) in [6, 6.07) is 1.90. The zero-order valence-corrected chi connectivity index (χ0v) is 14.6. The van der Waals surface area contributed by atoms with E-state index in [0.29, 0.717) is 18.1 Å². The lowest BCUT2D eigenvalue weighted by atomic mass is 9.90. The predicted octanol–water partition coefficient (Wildman–Crippen LogP) is 2.35. The van der Waals surface area contributed by atoms with E-state index in [2.05, 4.69) is 43.0 Å². The first kappa shape index (κ1) is 17.2. The second kappa shape index (κ2) is 7.40. The average molecular weight is 297 g/mol. The maximum atomic E-state index is 6.23. The molecule has 0 radical (unpaired) electrons. The molecule has 2 fully saturated rings. The summed E-state index contributed by atoms with van der Waals surface area (Å²) in [7, 11) is 0. The van der Waals surface area contributed by atoms with Gasteiger partial charge in [0.2, 0.25) is 0 Å². The van der Waals surface area contributed by atoms with Gasteiger partial charge in [0.05, 0.1) is 0 Å². The number of nitrogens with two attached hydrogens (primary N) is 1. The highest BCUT2D eigenvalue weighted by atomic mass is 15.6. The third kappa shape index (κ3) is 4.19. The van der Waals surface area contributed by atoms with Crippen LogP contribution in [0.1, 0.15) is 66.2 Å². The van der Waals surface area contributed by atoms with Crippen LogP contribution >= 0.6 is 0 Å². The normalized spacial score (nSPS) is 36.9. The Kier molecular flexibility index (Phi) is 6.06. The molecule has 2 heterocycles. The summed E-state index contributed by atoms with van der Waals surface area (Å²) in [6.45, 7) is 12.4. The molecule has 0 aliphatic carbocycles. The Bertz CT molecular complexity index is 310. The van der Waals surface area contributed by atoms with Crippen LogP contribution in [0.25, 0.3) is 0 Å². The SMILES string of the molecule is CC(C)N1CCCC(CN)(NN2C(C)CCCC2C)CC1. The molecule has 0 aromatic heterocycles. The molecule has 0 aromatic carbocycles. The molecule has 4 heteroatoms. The highest BCUT2D eigenvalue weighted by Gasteiger charge is 2.36. The molecule has 124 valence electrons. The Morgan fingerprint density at radius 3 is 2.33 bits per heavy atom. The van der Waals surface area contributed by atoms with E-state index in [9.17, 15) is 0 Å². The minimum atomic E-state index is 0.101. The van der Waals surface area contributed by atoms with Crippen molar-refractivity contribution < 1.29 is 0 Å². The number of nitrogens with zero attached hydrogens (tertiary/aromatic N) is 2. The van der Waals surface area contributed by atoms with Gasteiger partial charge in [-0.25, -0.2) is 10.4 Å². The van der Waals surface area contributed by atoms with Gasteiger partial charge < -0.3 is 10.6 Å².